The molecule has 2 saturated heterocycles. The first-order valence-electron chi connectivity index (χ1n) is 11.1. The van der Waals surface area contributed by atoms with E-state index in [1.807, 2.05) is 0 Å². The summed E-state index contributed by atoms with van der Waals surface area (Å²) in [5.41, 5.74) is 2.12. The first kappa shape index (κ1) is 20.0. The van der Waals surface area contributed by atoms with Crippen LogP contribution in [0.15, 0.2) is 12.1 Å². The number of H-pyrrole nitrogens is 2. The van der Waals surface area contributed by atoms with Gasteiger partial charge in [0.05, 0.1) is 32.9 Å². The van der Waals surface area contributed by atoms with Crippen LogP contribution < -0.4 is 10.6 Å². The van der Waals surface area contributed by atoms with Gasteiger partial charge in [-0.05, 0) is 73.6 Å². The van der Waals surface area contributed by atoms with Crippen molar-refractivity contribution in [2.75, 3.05) is 13.1 Å². The van der Waals surface area contributed by atoms with Crippen LogP contribution in [0.2, 0.25) is 0 Å². The van der Waals surface area contributed by atoms with Crippen molar-refractivity contribution in [2.45, 2.75) is 38.8 Å². The van der Waals surface area contributed by atoms with E-state index in [0.717, 1.165) is 68.0 Å². The number of nitrogens with one attached hydrogen (secondary N) is 4. The Morgan fingerprint density at radius 3 is 1.62 bits per heavy atom. The topological polar surface area (TPSA) is 81.4 Å². The van der Waals surface area contributed by atoms with E-state index in [9.17, 15) is 0 Å². The summed E-state index contributed by atoms with van der Waals surface area (Å²) in [7, 11) is 0. The number of rotatable bonds is 2. The molecule has 8 heteroatoms. The largest absolute Gasteiger partial charge is 0.340 e. The summed E-state index contributed by atoms with van der Waals surface area (Å²) in [4.78, 5) is 20.4. The van der Waals surface area contributed by atoms with E-state index in [-0.39, 0.29) is 0 Å². The van der Waals surface area contributed by atoms with Crippen molar-refractivity contribution in [3.63, 3.8) is 0 Å². The first-order chi connectivity index (χ1) is 15.6. The van der Waals surface area contributed by atoms with Crippen LogP contribution in [0.4, 0.5) is 0 Å². The predicted octanol–water partition coefficient (Wildman–Crippen LogP) is 4.31. The van der Waals surface area contributed by atoms with Crippen molar-refractivity contribution < 1.29 is 0 Å². The van der Waals surface area contributed by atoms with Crippen LogP contribution in [0.25, 0.3) is 20.7 Å². The third-order valence-electron chi connectivity index (χ3n) is 6.19. The molecule has 4 aromatic heterocycles. The summed E-state index contributed by atoms with van der Waals surface area (Å²) >= 11 is 3.23. The van der Waals surface area contributed by atoms with Crippen LogP contribution in [-0.4, -0.2) is 33.0 Å². The van der Waals surface area contributed by atoms with Gasteiger partial charge in [-0.15, -0.1) is 22.7 Å². The van der Waals surface area contributed by atoms with Gasteiger partial charge >= 0.3 is 0 Å². The lowest BCUT2D eigenvalue weighted by atomic mass is 10.1. The number of aromatic nitrogens is 4. The molecule has 0 bridgehead atoms. The van der Waals surface area contributed by atoms with E-state index < -0.39 is 0 Å². The molecule has 6 rings (SSSR count). The standard InChI is InChI=1S/C24H24N6S2/c1-13-7-17(25-11-13)21-27-19-9-15(31-23(19)29-21)5-3-4-6-16-10-20-24(32-16)30-22(28-20)18-8-14(2)12-26-18/h9-10,13-14,17-18,25-26H,7-8,11-12H2,1-2H3,(H,27,29)(H,28,30)/t13-,14?,17?,18?/m0/s1. The molecule has 0 aromatic carbocycles. The highest BCUT2D eigenvalue weighted by Gasteiger charge is 2.26. The zero-order chi connectivity index (χ0) is 21.7. The summed E-state index contributed by atoms with van der Waals surface area (Å²) in [6, 6.07) is 4.82. The maximum absolute atomic E-state index is 4.77. The predicted molar refractivity (Wildman–Crippen MR) is 131 cm³/mol. The van der Waals surface area contributed by atoms with Crippen molar-refractivity contribution in [1.82, 2.24) is 30.6 Å². The second kappa shape index (κ2) is 8.06. The van der Waals surface area contributed by atoms with E-state index in [4.69, 9.17) is 9.97 Å². The van der Waals surface area contributed by atoms with E-state index >= 15 is 0 Å². The average Bonchev–Trinajstić information content (AvgIpc) is 3.54. The lowest BCUT2D eigenvalue weighted by Gasteiger charge is -2.05. The fourth-order valence-corrected chi connectivity index (χ4v) is 6.24. The molecule has 162 valence electrons. The van der Waals surface area contributed by atoms with E-state index in [1.54, 1.807) is 22.7 Å². The van der Waals surface area contributed by atoms with E-state index in [2.05, 4.69) is 70.3 Å². The Morgan fingerprint density at radius 1 is 0.781 bits per heavy atom. The van der Waals surface area contributed by atoms with Gasteiger partial charge in [0.25, 0.3) is 0 Å². The Hall–Kier alpha value is -2.62. The SMILES string of the molecule is CC1CNC(c2nc3sc(C#CC#Cc4cc5[nH]c(C6C[C@H](C)CN6)nc5s4)cc3[nH]2)C1. The van der Waals surface area contributed by atoms with Gasteiger partial charge < -0.3 is 20.6 Å². The molecule has 4 aromatic rings. The molecule has 0 amide bonds. The lowest BCUT2D eigenvalue weighted by molar-refractivity contribution is 0.589. The summed E-state index contributed by atoms with van der Waals surface area (Å²) in [5, 5.41) is 7.06. The number of thiophene rings is 2. The maximum atomic E-state index is 4.77. The van der Waals surface area contributed by atoms with Gasteiger partial charge in [-0.3, -0.25) is 0 Å². The number of aromatic amines is 2. The van der Waals surface area contributed by atoms with Crippen LogP contribution in [0.1, 0.15) is 60.2 Å². The van der Waals surface area contributed by atoms with Crippen LogP contribution in [-0.2, 0) is 0 Å². The number of fused-ring (bicyclic) bond motifs is 2. The molecule has 4 atom stereocenters. The van der Waals surface area contributed by atoms with Crippen molar-refractivity contribution in [3.05, 3.63) is 33.5 Å². The van der Waals surface area contributed by atoms with Crippen molar-refractivity contribution in [1.29, 1.82) is 0 Å². The van der Waals surface area contributed by atoms with E-state index in [1.165, 1.54) is 0 Å². The van der Waals surface area contributed by atoms with Crippen molar-refractivity contribution >= 4 is 43.4 Å². The van der Waals surface area contributed by atoms with Gasteiger partial charge in [0.1, 0.15) is 21.3 Å². The number of imidazole rings is 2. The van der Waals surface area contributed by atoms with Crippen LogP contribution in [0, 0.1) is 35.5 Å². The highest BCUT2D eigenvalue weighted by Crippen LogP contribution is 2.31. The monoisotopic (exact) mass is 460 g/mol. The Morgan fingerprint density at radius 2 is 1.25 bits per heavy atom. The number of hydrogen-bond donors (Lipinski definition) is 4. The van der Waals surface area contributed by atoms with Crippen molar-refractivity contribution in [2.24, 2.45) is 11.8 Å². The molecule has 32 heavy (non-hydrogen) atoms. The van der Waals surface area contributed by atoms with Gasteiger partial charge in [0.2, 0.25) is 0 Å². The van der Waals surface area contributed by atoms with Crippen LogP contribution in [0.5, 0.6) is 0 Å². The minimum absolute atomic E-state index is 0.338. The van der Waals surface area contributed by atoms with Gasteiger partial charge in [0.15, 0.2) is 0 Å². The van der Waals surface area contributed by atoms with Gasteiger partial charge in [-0.1, -0.05) is 13.8 Å². The molecular formula is C24H24N6S2. The second-order valence-corrected chi connectivity index (χ2v) is 11.1. The van der Waals surface area contributed by atoms with Crippen LogP contribution in [0.3, 0.4) is 0 Å². The molecule has 6 nitrogen and oxygen atoms in total. The smallest absolute Gasteiger partial charge is 0.143 e. The normalized spacial score (nSPS) is 25.2. The maximum Gasteiger partial charge on any atom is 0.143 e. The Labute approximate surface area is 194 Å². The third kappa shape index (κ3) is 3.85. The molecule has 0 radical (unpaired) electrons. The highest BCUT2D eigenvalue weighted by molar-refractivity contribution is 7.19. The fraction of sp³-hybridized carbons (Fsp3) is 0.417. The Bertz CT molecular complexity index is 1240. The fourth-order valence-electron chi connectivity index (χ4n) is 4.54. The highest BCUT2D eigenvalue weighted by atomic mass is 32.1. The summed E-state index contributed by atoms with van der Waals surface area (Å²) in [5.74, 6) is 15.8. The molecule has 6 heterocycles. The minimum Gasteiger partial charge on any atom is -0.340 e. The molecule has 0 spiro atoms. The number of nitrogens with zero attached hydrogens (tertiary/aromatic N) is 2. The molecule has 3 unspecified atom stereocenters. The molecule has 2 aliphatic rings. The zero-order valence-electron chi connectivity index (χ0n) is 18.0. The Balaban J connectivity index is 1.14. The third-order valence-corrected chi connectivity index (χ3v) is 8.08. The first-order valence-corrected chi connectivity index (χ1v) is 12.7. The number of hydrogen-bond acceptors (Lipinski definition) is 6. The molecule has 0 aliphatic carbocycles. The average molecular weight is 461 g/mol. The minimum atomic E-state index is 0.338. The van der Waals surface area contributed by atoms with Crippen molar-refractivity contribution in [3.8, 4) is 23.7 Å². The zero-order valence-corrected chi connectivity index (χ0v) is 19.6. The van der Waals surface area contributed by atoms with Gasteiger partial charge in [-0.2, -0.15) is 0 Å². The van der Waals surface area contributed by atoms with Crippen LogP contribution >= 0.6 is 22.7 Å². The second-order valence-electron chi connectivity index (χ2n) is 9.01. The lowest BCUT2D eigenvalue weighted by Crippen LogP contribution is -2.14. The summed E-state index contributed by atoms with van der Waals surface area (Å²) in [6.07, 6.45) is 2.27. The molecule has 2 fully saturated rings. The molecule has 2 aliphatic heterocycles. The molecule has 0 saturated carbocycles. The van der Waals surface area contributed by atoms with Gasteiger partial charge in [-0.25, -0.2) is 9.97 Å². The summed E-state index contributed by atoms with van der Waals surface area (Å²) < 4.78 is 0. The quantitative estimate of drug-likeness (QED) is 0.336. The van der Waals surface area contributed by atoms with E-state index in [0.29, 0.717) is 23.9 Å². The van der Waals surface area contributed by atoms with Gasteiger partial charge in [0, 0.05) is 0 Å². The molecular weight excluding hydrogens is 436 g/mol. The summed E-state index contributed by atoms with van der Waals surface area (Å²) in [6.45, 7) is 6.66. The Kier molecular flexibility index (Phi) is 5.04. The molecule has 4 N–H and O–H groups in total.